The van der Waals surface area contributed by atoms with Gasteiger partial charge in [0.15, 0.2) is 6.10 Å². The summed E-state index contributed by atoms with van der Waals surface area (Å²) in [6, 6.07) is -2.60. The monoisotopic (exact) mass is 644 g/mol. The molecule has 4 aliphatic rings. The van der Waals surface area contributed by atoms with Crippen molar-refractivity contribution in [2.24, 2.45) is 51.7 Å². The molecule has 252 valence electrons. The highest BCUT2D eigenvalue weighted by atomic mass is 35.5. The number of fused-ring (bicyclic) bond motifs is 1. The minimum absolute atomic E-state index is 0. The average molecular weight is 645 g/mol. The van der Waals surface area contributed by atoms with Gasteiger partial charge in [0, 0.05) is 12.6 Å². The first-order valence-electron chi connectivity index (χ1n) is 15.5. The van der Waals surface area contributed by atoms with Gasteiger partial charge in [-0.15, -0.1) is 12.4 Å². The molecular weight excluding hydrogens is 591 g/mol. The number of hydrogen-bond donors (Lipinski definition) is 8. The summed E-state index contributed by atoms with van der Waals surface area (Å²) in [5, 5.41) is 35.1. The predicted octanol–water partition coefficient (Wildman–Crippen LogP) is -0.903. The van der Waals surface area contributed by atoms with Crippen molar-refractivity contribution in [1.82, 2.24) is 15.4 Å². The number of halogens is 1. The lowest BCUT2D eigenvalue weighted by Gasteiger charge is -2.38. The molecule has 0 aromatic carbocycles. The van der Waals surface area contributed by atoms with Gasteiger partial charge >= 0.3 is 7.05 Å². The summed E-state index contributed by atoms with van der Waals surface area (Å²) in [5.74, 6) is -0.988. The number of primary amides is 2. The van der Waals surface area contributed by atoms with Gasteiger partial charge in [-0.3, -0.25) is 19.2 Å². The summed E-state index contributed by atoms with van der Waals surface area (Å²) < 4.78 is 0. The van der Waals surface area contributed by atoms with Gasteiger partial charge < -0.3 is 47.9 Å². The third-order valence-corrected chi connectivity index (χ3v) is 9.56. The Morgan fingerprint density at radius 2 is 1.48 bits per heavy atom. The molecule has 0 aromatic rings. The number of rotatable bonds is 13. The zero-order chi connectivity index (χ0) is 32.6. The van der Waals surface area contributed by atoms with Gasteiger partial charge in [0.1, 0.15) is 12.1 Å². The minimum atomic E-state index is -1.47. The molecule has 0 aromatic heterocycles. The molecule has 3 saturated carbocycles. The van der Waals surface area contributed by atoms with Gasteiger partial charge in [0.25, 0.3) is 0 Å². The Hall–Kier alpha value is -1.97. The highest BCUT2D eigenvalue weighted by Crippen LogP contribution is 2.65. The maximum Gasteiger partial charge on any atom is 0.374 e. The van der Waals surface area contributed by atoms with E-state index in [9.17, 15) is 29.3 Å². The maximum absolute atomic E-state index is 13.6. The molecule has 13 nitrogen and oxygen atoms in total. The van der Waals surface area contributed by atoms with Crippen LogP contribution in [0.1, 0.15) is 73.1 Å². The SMILES string of the molecule is CB(O)N[C@H](C(=O)N1C[C@H]2[C@@H]([C@H]1C(=O)NC(CC1CC1)C(O)C(N)=O)C2(C)C)C(C)(C)C.Cl.NC(=O)C(O)C(N)CC1CC1. The van der Waals surface area contributed by atoms with Crippen molar-refractivity contribution < 1.29 is 34.4 Å². The summed E-state index contributed by atoms with van der Waals surface area (Å²) in [7, 11) is -0.877. The standard InChI is InChI=1S/C22H39BN4O5.C7H14N2O2.ClH/c1-21(2,3)17(26-23(6)32)20(31)27-10-12-14(22(12,4)5)15(27)19(30)25-13(9-11-7-8-11)16(28)18(24)29;8-5(3-4-1-2-4)6(10)7(9)11;/h11-17,26,28,32H,7-10H2,1-6H3,(H2,24,29)(H,25,30);4-6,10H,1-3,8H2,(H2,9,11);1H/t12-,13?,14-,15-,16?,17+;;/m0../s1. The summed E-state index contributed by atoms with van der Waals surface area (Å²) in [5.41, 5.74) is 15.1. The maximum atomic E-state index is 13.6. The Morgan fingerprint density at radius 1 is 0.977 bits per heavy atom. The van der Waals surface area contributed by atoms with E-state index in [1.807, 2.05) is 20.8 Å². The number of aliphatic hydroxyl groups excluding tert-OH is 2. The topological polar surface area (TPSA) is 234 Å². The normalized spacial score (nSPS) is 26.8. The van der Waals surface area contributed by atoms with E-state index in [2.05, 4.69) is 24.4 Å². The van der Waals surface area contributed by atoms with E-state index in [0.29, 0.717) is 31.2 Å². The summed E-state index contributed by atoms with van der Waals surface area (Å²) in [6.45, 7) is 12.0. The number of nitrogens with two attached hydrogens (primary N) is 3. The van der Waals surface area contributed by atoms with E-state index >= 15 is 0 Å². The van der Waals surface area contributed by atoms with Crippen LogP contribution in [0.15, 0.2) is 0 Å². The zero-order valence-electron chi connectivity index (χ0n) is 26.9. The minimum Gasteiger partial charge on any atom is -0.437 e. The van der Waals surface area contributed by atoms with Crippen molar-refractivity contribution in [3.05, 3.63) is 0 Å². The molecule has 4 amide bonds. The molecule has 4 fully saturated rings. The van der Waals surface area contributed by atoms with Crippen molar-refractivity contribution in [3.63, 3.8) is 0 Å². The number of likely N-dealkylation sites (tertiary alicyclic amines) is 1. The van der Waals surface area contributed by atoms with Crippen LogP contribution >= 0.6 is 12.4 Å². The second-order valence-electron chi connectivity index (χ2n) is 14.9. The van der Waals surface area contributed by atoms with Crippen molar-refractivity contribution in [2.45, 2.75) is 116 Å². The Labute approximate surface area is 267 Å². The number of carbonyl (C=O) groups excluding carboxylic acids is 4. The van der Waals surface area contributed by atoms with E-state index in [0.717, 1.165) is 12.8 Å². The molecule has 4 unspecified atom stereocenters. The quantitative estimate of drug-likeness (QED) is 0.116. The highest BCUT2D eigenvalue weighted by Gasteiger charge is 2.69. The molecule has 11 N–H and O–H groups in total. The number of amides is 4. The van der Waals surface area contributed by atoms with Crippen LogP contribution in [0.3, 0.4) is 0 Å². The zero-order valence-corrected chi connectivity index (χ0v) is 27.7. The largest absolute Gasteiger partial charge is 0.437 e. The van der Waals surface area contributed by atoms with Crippen LogP contribution in [0, 0.1) is 34.5 Å². The second-order valence-corrected chi connectivity index (χ2v) is 14.9. The molecule has 8 atom stereocenters. The van der Waals surface area contributed by atoms with Crippen LogP contribution in [0.5, 0.6) is 0 Å². The lowest BCUT2D eigenvalue weighted by molar-refractivity contribution is -0.144. The lowest BCUT2D eigenvalue weighted by Crippen LogP contribution is -2.61. The van der Waals surface area contributed by atoms with Gasteiger partial charge in [-0.05, 0) is 54.2 Å². The Morgan fingerprint density at radius 3 is 1.91 bits per heavy atom. The van der Waals surface area contributed by atoms with E-state index < -0.39 is 60.7 Å². The number of hydrogen-bond acceptors (Lipinski definition) is 9. The molecule has 44 heavy (non-hydrogen) atoms. The molecule has 4 rings (SSSR count). The van der Waals surface area contributed by atoms with Gasteiger partial charge in [-0.2, -0.15) is 0 Å². The lowest BCUT2D eigenvalue weighted by atomic mass is 9.78. The van der Waals surface area contributed by atoms with Crippen LogP contribution in [0.2, 0.25) is 6.82 Å². The molecule has 3 aliphatic carbocycles. The van der Waals surface area contributed by atoms with Gasteiger partial charge in [-0.25, -0.2) is 0 Å². The molecular formula is C29H54BClN6O7. The van der Waals surface area contributed by atoms with Crippen LogP contribution in [-0.4, -0.2) is 93.7 Å². The number of nitrogens with one attached hydrogen (secondary N) is 2. The molecule has 15 heteroatoms. The average Bonchev–Trinajstić information content (AvgIpc) is 3.85. The van der Waals surface area contributed by atoms with Gasteiger partial charge in [-0.1, -0.05) is 60.3 Å². The number of piperidine rings is 1. The Bertz CT molecular complexity index is 1050. The fraction of sp³-hybridized carbons (Fsp3) is 0.862. The fourth-order valence-corrected chi connectivity index (χ4v) is 6.44. The van der Waals surface area contributed by atoms with Crippen molar-refractivity contribution >= 4 is 43.1 Å². The fourth-order valence-electron chi connectivity index (χ4n) is 6.44. The highest BCUT2D eigenvalue weighted by molar-refractivity contribution is 6.46. The van der Waals surface area contributed by atoms with Crippen LogP contribution in [-0.2, 0) is 19.2 Å². The predicted molar refractivity (Wildman–Crippen MR) is 169 cm³/mol. The summed E-state index contributed by atoms with van der Waals surface area (Å²) >= 11 is 0. The van der Waals surface area contributed by atoms with Crippen molar-refractivity contribution in [1.29, 1.82) is 0 Å². The first-order chi connectivity index (χ1) is 19.8. The molecule has 1 heterocycles. The van der Waals surface area contributed by atoms with Gasteiger partial charge in [0.05, 0.1) is 12.1 Å². The van der Waals surface area contributed by atoms with Crippen molar-refractivity contribution in [3.8, 4) is 0 Å². The van der Waals surface area contributed by atoms with Gasteiger partial charge in [0.2, 0.25) is 23.6 Å². The van der Waals surface area contributed by atoms with Crippen LogP contribution < -0.4 is 27.7 Å². The summed E-state index contributed by atoms with van der Waals surface area (Å²) in [6.07, 6.45) is 2.90. The first-order valence-corrected chi connectivity index (χ1v) is 15.5. The molecule has 0 spiro atoms. The number of nitrogens with zero attached hydrogens (tertiary/aromatic N) is 1. The van der Waals surface area contributed by atoms with Crippen molar-refractivity contribution in [2.75, 3.05) is 6.54 Å². The molecule has 1 aliphatic heterocycles. The van der Waals surface area contributed by atoms with Crippen LogP contribution in [0.25, 0.3) is 0 Å². The first kappa shape index (κ1) is 38.2. The molecule has 0 radical (unpaired) electrons. The number of carbonyl (C=O) groups is 4. The van der Waals surface area contributed by atoms with Crippen LogP contribution in [0.4, 0.5) is 0 Å². The van der Waals surface area contributed by atoms with E-state index in [-0.39, 0.29) is 41.5 Å². The van der Waals surface area contributed by atoms with E-state index in [4.69, 9.17) is 22.3 Å². The summed E-state index contributed by atoms with van der Waals surface area (Å²) in [4.78, 5) is 50.7. The molecule has 0 bridgehead atoms. The second kappa shape index (κ2) is 14.6. The Kier molecular flexibility index (Phi) is 12.7. The van der Waals surface area contributed by atoms with E-state index in [1.54, 1.807) is 11.7 Å². The number of aliphatic hydroxyl groups is 2. The third-order valence-electron chi connectivity index (χ3n) is 9.56. The Balaban J connectivity index is 0.000000475. The third kappa shape index (κ3) is 9.52. The van der Waals surface area contributed by atoms with E-state index in [1.165, 1.54) is 12.8 Å². The molecule has 1 saturated heterocycles. The smallest absolute Gasteiger partial charge is 0.374 e.